The van der Waals surface area contributed by atoms with Crippen molar-refractivity contribution < 1.29 is 19.5 Å². The molecule has 2 heterocycles. The molecule has 1 unspecified atom stereocenters. The van der Waals surface area contributed by atoms with Gasteiger partial charge >= 0.3 is 0 Å². The Morgan fingerprint density at radius 1 is 1.16 bits per heavy atom. The van der Waals surface area contributed by atoms with Crippen LogP contribution < -0.4 is 5.32 Å². The van der Waals surface area contributed by atoms with Gasteiger partial charge in [0.1, 0.15) is 5.75 Å². The maximum Gasteiger partial charge on any atom is 0.262 e. The Balaban J connectivity index is 1.92. The average Bonchev–Trinajstić information content (AvgIpc) is 2.63. The molecule has 6 nitrogen and oxygen atoms in total. The minimum atomic E-state index is -0.406. The summed E-state index contributed by atoms with van der Waals surface area (Å²) in [6, 6.07) is 3.83. The molecular weight excluding hydrogens is 248 g/mol. The van der Waals surface area contributed by atoms with Gasteiger partial charge in [-0.2, -0.15) is 0 Å². The zero-order valence-electron chi connectivity index (χ0n) is 10.0. The van der Waals surface area contributed by atoms with Gasteiger partial charge in [-0.1, -0.05) is 0 Å². The van der Waals surface area contributed by atoms with E-state index in [-0.39, 0.29) is 35.7 Å². The third-order valence-corrected chi connectivity index (χ3v) is 3.51. The molecule has 1 atom stereocenters. The van der Waals surface area contributed by atoms with Gasteiger partial charge in [-0.05, 0) is 24.6 Å². The Labute approximate surface area is 109 Å². The maximum absolute atomic E-state index is 12.2. The number of fused-ring (bicyclic) bond motifs is 1. The molecule has 2 N–H and O–H groups in total. The fourth-order valence-electron chi connectivity index (χ4n) is 2.52. The van der Waals surface area contributed by atoms with Crippen molar-refractivity contribution >= 4 is 17.7 Å². The molecule has 98 valence electrons. The third kappa shape index (κ3) is 1.76. The first-order valence-corrected chi connectivity index (χ1v) is 6.05. The number of hydrogen-bond acceptors (Lipinski definition) is 4. The van der Waals surface area contributed by atoms with E-state index in [0.717, 1.165) is 0 Å². The number of carbonyl (C=O) groups excluding carboxylic acids is 3. The Morgan fingerprint density at radius 3 is 2.58 bits per heavy atom. The summed E-state index contributed by atoms with van der Waals surface area (Å²) in [4.78, 5) is 36.7. The molecule has 1 fully saturated rings. The molecule has 19 heavy (non-hydrogen) atoms. The summed E-state index contributed by atoms with van der Waals surface area (Å²) in [5.74, 6) is -0.873. The number of carbonyl (C=O) groups is 3. The number of rotatable bonds is 1. The Kier molecular flexibility index (Phi) is 2.51. The van der Waals surface area contributed by atoms with Crippen molar-refractivity contribution in [2.45, 2.75) is 18.9 Å². The van der Waals surface area contributed by atoms with Gasteiger partial charge in [-0.3, -0.25) is 19.3 Å². The van der Waals surface area contributed by atoms with Crippen LogP contribution in [0.25, 0.3) is 0 Å². The van der Waals surface area contributed by atoms with Gasteiger partial charge in [0.2, 0.25) is 5.91 Å². The molecule has 0 radical (unpaired) electrons. The number of phenolic OH excluding ortho intramolecular Hbond substituents is 1. The number of imide groups is 1. The molecule has 1 aromatic carbocycles. The highest BCUT2D eigenvalue weighted by molar-refractivity contribution is 6.21. The molecule has 0 saturated carbocycles. The first-order valence-electron chi connectivity index (χ1n) is 6.05. The molecule has 2 aliphatic rings. The summed E-state index contributed by atoms with van der Waals surface area (Å²) < 4.78 is 0. The molecule has 1 saturated heterocycles. The fraction of sp³-hybridized carbons (Fsp3) is 0.308. The highest BCUT2D eigenvalue weighted by atomic mass is 16.3. The predicted octanol–water partition coefficient (Wildman–Crippen LogP) is 0.267. The Bertz CT molecular complexity index is 586. The first kappa shape index (κ1) is 11.7. The number of hydrogen-bond donors (Lipinski definition) is 2. The molecule has 0 bridgehead atoms. The summed E-state index contributed by atoms with van der Waals surface area (Å²) >= 11 is 0. The summed E-state index contributed by atoms with van der Waals surface area (Å²) in [6.45, 7) is 0.288. The van der Waals surface area contributed by atoms with Crippen LogP contribution in [0.3, 0.4) is 0 Å². The smallest absolute Gasteiger partial charge is 0.262 e. The number of piperidine rings is 1. The summed E-state index contributed by atoms with van der Waals surface area (Å²) in [6.07, 6.45) is 0.784. The van der Waals surface area contributed by atoms with Crippen molar-refractivity contribution in [2.75, 3.05) is 6.54 Å². The van der Waals surface area contributed by atoms with Crippen molar-refractivity contribution in [3.8, 4) is 5.75 Å². The van der Waals surface area contributed by atoms with Crippen LogP contribution in [0.15, 0.2) is 18.2 Å². The second kappa shape index (κ2) is 4.08. The van der Waals surface area contributed by atoms with Gasteiger partial charge < -0.3 is 10.4 Å². The van der Waals surface area contributed by atoms with Crippen molar-refractivity contribution in [2.24, 2.45) is 0 Å². The van der Waals surface area contributed by atoms with Crippen molar-refractivity contribution in [3.63, 3.8) is 0 Å². The van der Waals surface area contributed by atoms with Gasteiger partial charge in [0, 0.05) is 13.0 Å². The fourth-order valence-corrected chi connectivity index (χ4v) is 2.52. The number of aromatic hydroxyl groups is 1. The van der Waals surface area contributed by atoms with E-state index in [2.05, 4.69) is 5.32 Å². The van der Waals surface area contributed by atoms with Gasteiger partial charge in [0.25, 0.3) is 11.8 Å². The number of nitrogens with zero attached hydrogens (tertiary/aromatic N) is 1. The molecule has 0 spiro atoms. The lowest BCUT2D eigenvalue weighted by atomic mass is 10.1. The van der Waals surface area contributed by atoms with Crippen LogP contribution in [-0.2, 0) is 4.79 Å². The highest BCUT2D eigenvalue weighted by Crippen LogP contribution is 2.29. The molecule has 0 aliphatic carbocycles. The third-order valence-electron chi connectivity index (χ3n) is 3.51. The second-order valence-electron chi connectivity index (χ2n) is 4.71. The van der Waals surface area contributed by atoms with E-state index in [4.69, 9.17) is 0 Å². The number of nitrogens with one attached hydrogen (secondary N) is 1. The summed E-state index contributed by atoms with van der Waals surface area (Å²) in [7, 11) is 0. The molecule has 3 rings (SSSR count). The van der Waals surface area contributed by atoms with Crippen molar-refractivity contribution in [3.05, 3.63) is 29.3 Å². The number of amides is 3. The normalized spacial score (nSPS) is 22.4. The monoisotopic (exact) mass is 260 g/mol. The van der Waals surface area contributed by atoms with Gasteiger partial charge in [-0.15, -0.1) is 0 Å². The van der Waals surface area contributed by atoms with Crippen LogP contribution in [0.5, 0.6) is 5.75 Å². The molecule has 1 aromatic rings. The highest BCUT2D eigenvalue weighted by Gasteiger charge is 2.41. The molecular formula is C13H12N2O4. The van der Waals surface area contributed by atoms with Crippen LogP contribution >= 0.6 is 0 Å². The predicted molar refractivity (Wildman–Crippen MR) is 64.6 cm³/mol. The van der Waals surface area contributed by atoms with E-state index in [0.29, 0.717) is 18.4 Å². The van der Waals surface area contributed by atoms with Crippen molar-refractivity contribution in [1.82, 2.24) is 10.2 Å². The standard InChI is InChI=1S/C13H12N2O4/c16-8-2-3-9-10(5-8)13(19)15(12(9)18)7-1-4-11(17)14-6-7/h2-3,5,7,16H,1,4,6H2,(H,14,17). The molecule has 0 aromatic heterocycles. The zero-order valence-corrected chi connectivity index (χ0v) is 10.0. The molecule has 2 aliphatic heterocycles. The van der Waals surface area contributed by atoms with E-state index >= 15 is 0 Å². The SMILES string of the molecule is O=C1CCC(N2C(=O)c3ccc(O)cc3C2=O)CN1. The minimum absolute atomic E-state index is 0.0429. The second-order valence-corrected chi connectivity index (χ2v) is 4.71. The molecule has 3 amide bonds. The Morgan fingerprint density at radius 2 is 1.89 bits per heavy atom. The number of phenols is 1. The van der Waals surface area contributed by atoms with E-state index in [1.807, 2.05) is 0 Å². The number of benzene rings is 1. The average molecular weight is 260 g/mol. The lowest BCUT2D eigenvalue weighted by Crippen LogP contribution is -2.50. The Hall–Kier alpha value is -2.37. The lowest BCUT2D eigenvalue weighted by molar-refractivity contribution is -0.123. The molecule has 6 heteroatoms. The zero-order chi connectivity index (χ0) is 13.6. The quantitative estimate of drug-likeness (QED) is 0.709. The topological polar surface area (TPSA) is 86.7 Å². The van der Waals surface area contributed by atoms with E-state index in [1.165, 1.54) is 23.1 Å². The lowest BCUT2D eigenvalue weighted by Gasteiger charge is -2.29. The van der Waals surface area contributed by atoms with Gasteiger partial charge in [0.15, 0.2) is 0 Å². The summed E-state index contributed by atoms with van der Waals surface area (Å²) in [5.41, 5.74) is 0.529. The maximum atomic E-state index is 12.2. The summed E-state index contributed by atoms with van der Waals surface area (Å²) in [5, 5.41) is 12.0. The van der Waals surface area contributed by atoms with Gasteiger partial charge in [-0.25, -0.2) is 0 Å². The minimum Gasteiger partial charge on any atom is -0.508 e. The van der Waals surface area contributed by atoms with Crippen LogP contribution in [0.4, 0.5) is 0 Å². The van der Waals surface area contributed by atoms with Crippen LogP contribution in [0, 0.1) is 0 Å². The first-order chi connectivity index (χ1) is 9.08. The van der Waals surface area contributed by atoms with Crippen molar-refractivity contribution in [1.29, 1.82) is 0 Å². The van der Waals surface area contributed by atoms with E-state index in [9.17, 15) is 19.5 Å². The van der Waals surface area contributed by atoms with Crippen LogP contribution in [0.2, 0.25) is 0 Å². The van der Waals surface area contributed by atoms with Crippen LogP contribution in [0.1, 0.15) is 33.6 Å². The van der Waals surface area contributed by atoms with Gasteiger partial charge in [0.05, 0.1) is 17.2 Å². The van der Waals surface area contributed by atoms with E-state index in [1.54, 1.807) is 0 Å². The van der Waals surface area contributed by atoms with E-state index < -0.39 is 5.91 Å². The van der Waals surface area contributed by atoms with Crippen LogP contribution in [-0.4, -0.2) is 40.3 Å². The largest absolute Gasteiger partial charge is 0.508 e.